The first-order chi connectivity index (χ1) is 16.1. The highest BCUT2D eigenvalue weighted by atomic mass is 16.5. The van der Waals surface area contributed by atoms with Gasteiger partial charge in [0, 0.05) is 13.0 Å². The summed E-state index contributed by atoms with van der Waals surface area (Å²) in [6.45, 7) is 3.42. The quantitative estimate of drug-likeness (QED) is 0.465. The van der Waals surface area contributed by atoms with Crippen LogP contribution in [0.2, 0.25) is 0 Å². The molecule has 0 atom stereocenters. The average Bonchev–Trinajstić information content (AvgIpc) is 2.85. The van der Waals surface area contributed by atoms with Gasteiger partial charge in [-0.1, -0.05) is 42.8 Å². The lowest BCUT2D eigenvalue weighted by atomic mass is 9.92. The van der Waals surface area contributed by atoms with Crippen molar-refractivity contribution in [3.63, 3.8) is 0 Å². The first-order valence-electron chi connectivity index (χ1n) is 11.8. The first kappa shape index (κ1) is 23.1. The molecule has 33 heavy (non-hydrogen) atoms. The van der Waals surface area contributed by atoms with Crippen molar-refractivity contribution >= 4 is 16.7 Å². The molecule has 1 saturated heterocycles. The van der Waals surface area contributed by atoms with Gasteiger partial charge in [0.05, 0.1) is 19.8 Å². The molecule has 0 radical (unpaired) electrons. The maximum Gasteiger partial charge on any atom is 0.303 e. The molecule has 1 aliphatic rings. The number of carbonyl (C=O) groups is 1. The van der Waals surface area contributed by atoms with Gasteiger partial charge < -0.3 is 19.5 Å². The molecule has 1 aliphatic heterocycles. The molecule has 0 saturated carbocycles. The van der Waals surface area contributed by atoms with E-state index < -0.39 is 5.97 Å². The largest absolute Gasteiger partial charge is 0.496 e. The summed E-state index contributed by atoms with van der Waals surface area (Å²) in [6, 6.07) is 16.5. The van der Waals surface area contributed by atoms with E-state index in [2.05, 4.69) is 35.2 Å². The lowest BCUT2D eigenvalue weighted by molar-refractivity contribution is -0.136. The Kier molecular flexibility index (Phi) is 7.50. The molecule has 0 amide bonds. The Balaban J connectivity index is 1.71. The van der Waals surface area contributed by atoms with E-state index in [1.165, 1.54) is 37.9 Å². The minimum atomic E-state index is -0.786. The Labute approximate surface area is 195 Å². The molecular formula is C28H33NO4. The van der Waals surface area contributed by atoms with Gasteiger partial charge in [0.25, 0.3) is 0 Å². The number of hydrogen-bond donors (Lipinski definition) is 1. The SMILES string of the molecule is COc1cc(CCN2CCCCC2)cc(OC)c1-c1cccc2c(CCC(=O)O)cccc12. The van der Waals surface area contributed by atoms with E-state index in [-0.39, 0.29) is 6.42 Å². The number of piperidine rings is 1. The summed E-state index contributed by atoms with van der Waals surface area (Å²) in [5.74, 6) is 0.810. The van der Waals surface area contributed by atoms with E-state index in [0.717, 1.165) is 51.9 Å². The Bertz CT molecular complexity index is 1090. The number of hydrogen-bond acceptors (Lipinski definition) is 4. The summed E-state index contributed by atoms with van der Waals surface area (Å²) in [6.07, 6.45) is 5.50. The highest BCUT2D eigenvalue weighted by molar-refractivity contribution is 6.01. The summed E-state index contributed by atoms with van der Waals surface area (Å²) in [5.41, 5.74) is 4.21. The third kappa shape index (κ3) is 5.31. The summed E-state index contributed by atoms with van der Waals surface area (Å²) >= 11 is 0. The highest BCUT2D eigenvalue weighted by Gasteiger charge is 2.18. The lowest BCUT2D eigenvalue weighted by Crippen LogP contribution is -2.31. The molecule has 174 valence electrons. The standard InChI is InChI=1S/C28H33NO4/c1-32-25-18-20(14-17-29-15-4-3-5-16-29)19-26(33-2)28(25)24-11-7-9-22-21(12-13-27(30)31)8-6-10-23(22)24/h6-11,18-19H,3-5,12-17H2,1-2H3,(H,30,31). The van der Waals surface area contributed by atoms with Crippen LogP contribution in [0.25, 0.3) is 21.9 Å². The van der Waals surface area contributed by atoms with Gasteiger partial charge in [0.2, 0.25) is 0 Å². The van der Waals surface area contributed by atoms with Gasteiger partial charge in [0.15, 0.2) is 0 Å². The van der Waals surface area contributed by atoms with Crippen LogP contribution in [-0.2, 0) is 17.6 Å². The molecule has 3 aromatic rings. The third-order valence-corrected chi connectivity index (χ3v) is 6.62. The zero-order valence-corrected chi connectivity index (χ0v) is 19.6. The van der Waals surface area contributed by atoms with Gasteiger partial charge in [-0.15, -0.1) is 0 Å². The maximum absolute atomic E-state index is 11.1. The second kappa shape index (κ2) is 10.7. The summed E-state index contributed by atoms with van der Waals surface area (Å²) in [5, 5.41) is 11.3. The zero-order valence-electron chi connectivity index (χ0n) is 19.6. The van der Waals surface area contributed by atoms with Crippen molar-refractivity contribution in [2.75, 3.05) is 33.9 Å². The van der Waals surface area contributed by atoms with Crippen molar-refractivity contribution in [1.29, 1.82) is 0 Å². The lowest BCUT2D eigenvalue weighted by Gasteiger charge is -2.26. The van der Waals surface area contributed by atoms with Crippen molar-refractivity contribution in [3.8, 4) is 22.6 Å². The van der Waals surface area contributed by atoms with E-state index in [0.29, 0.717) is 6.42 Å². The second-order valence-electron chi connectivity index (χ2n) is 8.74. The van der Waals surface area contributed by atoms with E-state index in [1.807, 2.05) is 18.2 Å². The topological polar surface area (TPSA) is 59.0 Å². The number of ether oxygens (including phenoxy) is 2. The number of methoxy groups -OCH3 is 2. The average molecular weight is 448 g/mol. The Morgan fingerprint density at radius 2 is 1.58 bits per heavy atom. The van der Waals surface area contributed by atoms with E-state index in [4.69, 9.17) is 14.6 Å². The summed E-state index contributed by atoms with van der Waals surface area (Å²) < 4.78 is 11.7. The summed E-state index contributed by atoms with van der Waals surface area (Å²) in [4.78, 5) is 13.7. The van der Waals surface area contributed by atoms with Crippen LogP contribution in [0, 0.1) is 0 Å². The van der Waals surface area contributed by atoms with Crippen molar-refractivity contribution in [1.82, 2.24) is 4.90 Å². The van der Waals surface area contributed by atoms with Crippen LogP contribution in [0.1, 0.15) is 36.8 Å². The fourth-order valence-electron chi connectivity index (χ4n) is 4.90. The fraction of sp³-hybridized carbons (Fsp3) is 0.393. The second-order valence-corrected chi connectivity index (χ2v) is 8.74. The van der Waals surface area contributed by atoms with E-state index in [9.17, 15) is 4.79 Å². The van der Waals surface area contributed by atoms with E-state index >= 15 is 0 Å². The number of aliphatic carboxylic acids is 1. The maximum atomic E-state index is 11.1. The summed E-state index contributed by atoms with van der Waals surface area (Å²) in [7, 11) is 3.41. The predicted octanol–water partition coefficient (Wildman–Crippen LogP) is 5.57. The molecule has 5 nitrogen and oxygen atoms in total. The zero-order chi connectivity index (χ0) is 23.2. The van der Waals surface area contributed by atoms with Gasteiger partial charge >= 0.3 is 5.97 Å². The van der Waals surface area contributed by atoms with Crippen molar-refractivity contribution < 1.29 is 19.4 Å². The molecule has 0 aromatic heterocycles. The van der Waals surface area contributed by atoms with Gasteiger partial charge in [0.1, 0.15) is 11.5 Å². The van der Waals surface area contributed by atoms with Gasteiger partial charge in [-0.2, -0.15) is 0 Å². The number of carboxylic acids is 1. The minimum Gasteiger partial charge on any atom is -0.496 e. The Morgan fingerprint density at radius 3 is 2.24 bits per heavy atom. The van der Waals surface area contributed by atoms with Crippen LogP contribution in [0.15, 0.2) is 48.5 Å². The number of aryl methyl sites for hydroxylation is 1. The third-order valence-electron chi connectivity index (χ3n) is 6.62. The normalized spacial score (nSPS) is 14.4. The van der Waals surface area contributed by atoms with Crippen LogP contribution in [0.3, 0.4) is 0 Å². The van der Waals surface area contributed by atoms with Crippen LogP contribution >= 0.6 is 0 Å². The number of fused-ring (bicyclic) bond motifs is 1. The van der Waals surface area contributed by atoms with Gasteiger partial charge in [-0.25, -0.2) is 0 Å². The molecule has 0 unspecified atom stereocenters. The molecule has 0 spiro atoms. The Morgan fingerprint density at radius 1 is 0.909 bits per heavy atom. The van der Waals surface area contributed by atoms with Crippen molar-refractivity contribution in [2.24, 2.45) is 0 Å². The van der Waals surface area contributed by atoms with Gasteiger partial charge in [-0.05, 0) is 78.4 Å². The van der Waals surface area contributed by atoms with Crippen LogP contribution in [0.4, 0.5) is 0 Å². The van der Waals surface area contributed by atoms with Crippen LogP contribution in [0.5, 0.6) is 11.5 Å². The van der Waals surface area contributed by atoms with Gasteiger partial charge in [-0.3, -0.25) is 4.79 Å². The monoisotopic (exact) mass is 447 g/mol. The molecule has 0 bridgehead atoms. The predicted molar refractivity (Wildman–Crippen MR) is 132 cm³/mol. The first-order valence-corrected chi connectivity index (χ1v) is 11.8. The van der Waals surface area contributed by atoms with Crippen molar-refractivity contribution in [3.05, 3.63) is 59.7 Å². The number of benzene rings is 3. The molecule has 1 N–H and O–H groups in total. The van der Waals surface area contributed by atoms with Crippen molar-refractivity contribution in [2.45, 2.75) is 38.5 Å². The number of likely N-dealkylation sites (tertiary alicyclic amines) is 1. The molecular weight excluding hydrogens is 414 g/mol. The smallest absolute Gasteiger partial charge is 0.303 e. The fourth-order valence-corrected chi connectivity index (χ4v) is 4.90. The molecule has 5 heteroatoms. The molecule has 0 aliphatic carbocycles. The minimum absolute atomic E-state index is 0.113. The van der Waals surface area contributed by atoms with Crippen LogP contribution in [-0.4, -0.2) is 49.8 Å². The number of rotatable bonds is 9. The highest BCUT2D eigenvalue weighted by Crippen LogP contribution is 2.43. The molecule has 1 fully saturated rings. The van der Waals surface area contributed by atoms with E-state index in [1.54, 1.807) is 14.2 Å². The number of nitrogens with zero attached hydrogens (tertiary/aromatic N) is 1. The molecule has 4 rings (SSSR count). The molecule has 3 aromatic carbocycles. The van der Waals surface area contributed by atoms with Crippen LogP contribution < -0.4 is 9.47 Å². The molecule has 1 heterocycles. The Hall–Kier alpha value is -3.05. The number of carboxylic acid groups (broad SMARTS) is 1.